The van der Waals surface area contributed by atoms with Crippen molar-refractivity contribution >= 4 is 23.5 Å². The standard InChI is InChI=1S/C13H17N3O4/c1-7-2-3-9(14)8(6-7)12(18)16-10(13(19)20)4-5-11(15)17/h2-3,6,10H,4-5,14H2,1H3,(H2,15,17)(H,16,18)(H,19,20)/t10-/m1/s1. The first-order chi connectivity index (χ1) is 9.31. The summed E-state index contributed by atoms with van der Waals surface area (Å²) >= 11 is 0. The molecule has 0 aliphatic carbocycles. The van der Waals surface area contributed by atoms with Crippen LogP contribution in [0.4, 0.5) is 5.69 Å². The average Bonchev–Trinajstić information content (AvgIpc) is 2.36. The van der Waals surface area contributed by atoms with Crippen LogP contribution in [0.3, 0.4) is 0 Å². The van der Waals surface area contributed by atoms with Gasteiger partial charge in [-0.3, -0.25) is 9.59 Å². The Balaban J connectivity index is 2.82. The minimum Gasteiger partial charge on any atom is -0.480 e. The summed E-state index contributed by atoms with van der Waals surface area (Å²) in [5.74, 6) is -2.45. The molecule has 6 N–H and O–H groups in total. The molecule has 0 aromatic heterocycles. The van der Waals surface area contributed by atoms with Gasteiger partial charge in [0.25, 0.3) is 5.91 Å². The molecule has 0 fully saturated rings. The summed E-state index contributed by atoms with van der Waals surface area (Å²) in [6, 6.07) is 3.70. The number of hydrogen-bond donors (Lipinski definition) is 4. The van der Waals surface area contributed by atoms with E-state index in [0.29, 0.717) is 0 Å². The molecule has 1 aromatic carbocycles. The second-order valence-corrected chi connectivity index (χ2v) is 4.46. The molecule has 0 heterocycles. The molecule has 0 unspecified atom stereocenters. The zero-order chi connectivity index (χ0) is 15.3. The van der Waals surface area contributed by atoms with E-state index in [-0.39, 0.29) is 24.1 Å². The van der Waals surface area contributed by atoms with E-state index in [1.54, 1.807) is 25.1 Å². The third-order valence-electron chi connectivity index (χ3n) is 2.74. The van der Waals surface area contributed by atoms with E-state index in [1.165, 1.54) is 0 Å². The maximum absolute atomic E-state index is 12.0. The van der Waals surface area contributed by atoms with Crippen LogP contribution in [0.5, 0.6) is 0 Å². The maximum Gasteiger partial charge on any atom is 0.326 e. The normalized spacial score (nSPS) is 11.7. The molecule has 0 spiro atoms. The molecule has 1 aromatic rings. The highest BCUT2D eigenvalue weighted by Crippen LogP contribution is 2.14. The van der Waals surface area contributed by atoms with E-state index in [2.05, 4.69) is 5.32 Å². The molecular weight excluding hydrogens is 262 g/mol. The Morgan fingerprint density at radius 1 is 1.35 bits per heavy atom. The van der Waals surface area contributed by atoms with Crippen molar-refractivity contribution in [2.45, 2.75) is 25.8 Å². The fourth-order valence-electron chi connectivity index (χ4n) is 1.65. The van der Waals surface area contributed by atoms with Gasteiger partial charge in [-0.25, -0.2) is 4.79 Å². The van der Waals surface area contributed by atoms with Gasteiger partial charge < -0.3 is 21.9 Å². The van der Waals surface area contributed by atoms with Gasteiger partial charge in [0.1, 0.15) is 6.04 Å². The van der Waals surface area contributed by atoms with Crippen LogP contribution in [0, 0.1) is 6.92 Å². The fourth-order valence-corrected chi connectivity index (χ4v) is 1.65. The van der Waals surface area contributed by atoms with Crippen molar-refractivity contribution in [2.75, 3.05) is 5.73 Å². The molecule has 0 aliphatic heterocycles. The summed E-state index contributed by atoms with van der Waals surface area (Å²) in [4.78, 5) is 33.7. The zero-order valence-corrected chi connectivity index (χ0v) is 11.1. The molecule has 2 amide bonds. The molecule has 20 heavy (non-hydrogen) atoms. The average molecular weight is 279 g/mol. The summed E-state index contributed by atoms with van der Waals surface area (Å²) in [7, 11) is 0. The minimum atomic E-state index is -1.23. The number of anilines is 1. The van der Waals surface area contributed by atoms with Crippen LogP contribution in [-0.4, -0.2) is 28.9 Å². The molecule has 0 saturated carbocycles. The molecule has 1 atom stereocenters. The molecule has 0 radical (unpaired) electrons. The van der Waals surface area contributed by atoms with Crippen molar-refractivity contribution in [3.8, 4) is 0 Å². The smallest absolute Gasteiger partial charge is 0.326 e. The summed E-state index contributed by atoms with van der Waals surface area (Å²) in [6.45, 7) is 1.79. The summed E-state index contributed by atoms with van der Waals surface area (Å²) in [5, 5.41) is 11.3. The molecule has 7 heteroatoms. The van der Waals surface area contributed by atoms with Crippen LogP contribution >= 0.6 is 0 Å². The maximum atomic E-state index is 12.0. The first-order valence-electron chi connectivity index (χ1n) is 5.99. The van der Waals surface area contributed by atoms with E-state index in [1.807, 2.05) is 0 Å². The minimum absolute atomic E-state index is 0.0673. The highest BCUT2D eigenvalue weighted by Gasteiger charge is 2.22. The number of carboxylic acids is 1. The van der Waals surface area contributed by atoms with Gasteiger partial charge in [0.05, 0.1) is 5.56 Å². The number of carbonyl (C=O) groups is 3. The zero-order valence-electron chi connectivity index (χ0n) is 11.1. The van der Waals surface area contributed by atoms with Gasteiger partial charge in [0.15, 0.2) is 0 Å². The number of aliphatic carboxylic acids is 1. The van der Waals surface area contributed by atoms with Crippen LogP contribution in [-0.2, 0) is 9.59 Å². The molecule has 0 aliphatic rings. The van der Waals surface area contributed by atoms with Gasteiger partial charge in [-0.15, -0.1) is 0 Å². The van der Waals surface area contributed by atoms with Gasteiger partial charge in [0.2, 0.25) is 5.91 Å². The Morgan fingerprint density at radius 2 is 2.00 bits per heavy atom. The van der Waals surface area contributed by atoms with Gasteiger partial charge in [-0.2, -0.15) is 0 Å². The Labute approximate surface area is 115 Å². The second kappa shape index (κ2) is 6.55. The lowest BCUT2D eigenvalue weighted by Crippen LogP contribution is -2.41. The number of benzene rings is 1. The third kappa shape index (κ3) is 4.27. The van der Waals surface area contributed by atoms with Crippen LogP contribution in [0.2, 0.25) is 0 Å². The van der Waals surface area contributed by atoms with E-state index >= 15 is 0 Å². The second-order valence-electron chi connectivity index (χ2n) is 4.46. The number of nitrogen functional groups attached to an aromatic ring is 1. The number of nitrogens with one attached hydrogen (secondary N) is 1. The predicted molar refractivity (Wildman–Crippen MR) is 72.9 cm³/mol. The summed E-state index contributed by atoms with van der Waals surface area (Å²) in [6.07, 6.45) is -0.192. The van der Waals surface area contributed by atoms with Crippen molar-refractivity contribution in [1.82, 2.24) is 5.32 Å². The van der Waals surface area contributed by atoms with Crippen molar-refractivity contribution in [3.05, 3.63) is 29.3 Å². The molecule has 1 rings (SSSR count). The lowest BCUT2D eigenvalue weighted by molar-refractivity contribution is -0.139. The first kappa shape index (κ1) is 15.5. The number of aryl methyl sites for hydroxylation is 1. The number of carbonyl (C=O) groups excluding carboxylic acids is 2. The Hall–Kier alpha value is -2.57. The van der Waals surface area contributed by atoms with Gasteiger partial charge in [-0.05, 0) is 25.5 Å². The molecule has 0 bridgehead atoms. The number of carboxylic acid groups (broad SMARTS) is 1. The highest BCUT2D eigenvalue weighted by atomic mass is 16.4. The van der Waals surface area contributed by atoms with Gasteiger partial charge >= 0.3 is 5.97 Å². The molecule has 108 valence electrons. The lowest BCUT2D eigenvalue weighted by atomic mass is 10.1. The Bertz CT molecular complexity index is 542. The Morgan fingerprint density at radius 3 is 2.55 bits per heavy atom. The van der Waals surface area contributed by atoms with Crippen molar-refractivity contribution in [2.24, 2.45) is 5.73 Å². The summed E-state index contributed by atoms with van der Waals surface area (Å²) < 4.78 is 0. The molecule has 7 nitrogen and oxygen atoms in total. The molecular formula is C13H17N3O4. The SMILES string of the molecule is Cc1ccc(N)c(C(=O)N[C@H](CCC(N)=O)C(=O)O)c1. The van der Waals surface area contributed by atoms with Crippen molar-refractivity contribution < 1.29 is 19.5 Å². The Kier molecular flexibility index (Phi) is 5.08. The quantitative estimate of drug-likeness (QED) is 0.544. The van der Waals surface area contributed by atoms with E-state index in [0.717, 1.165) is 5.56 Å². The number of rotatable bonds is 6. The third-order valence-corrected chi connectivity index (χ3v) is 2.74. The van der Waals surface area contributed by atoms with E-state index in [9.17, 15) is 14.4 Å². The monoisotopic (exact) mass is 279 g/mol. The van der Waals surface area contributed by atoms with Gasteiger partial charge in [-0.1, -0.05) is 11.6 Å². The van der Waals surface area contributed by atoms with Gasteiger partial charge in [0, 0.05) is 12.1 Å². The first-order valence-corrected chi connectivity index (χ1v) is 5.99. The van der Waals surface area contributed by atoms with Crippen LogP contribution in [0.15, 0.2) is 18.2 Å². The van der Waals surface area contributed by atoms with E-state index < -0.39 is 23.8 Å². The largest absolute Gasteiger partial charge is 0.480 e. The predicted octanol–water partition coefficient (Wildman–Crippen LogP) is 0.0257. The summed E-state index contributed by atoms with van der Waals surface area (Å²) in [5.41, 5.74) is 11.9. The van der Waals surface area contributed by atoms with Crippen LogP contribution in [0.1, 0.15) is 28.8 Å². The van der Waals surface area contributed by atoms with Crippen LogP contribution in [0.25, 0.3) is 0 Å². The topological polar surface area (TPSA) is 136 Å². The number of nitrogens with two attached hydrogens (primary N) is 2. The highest BCUT2D eigenvalue weighted by molar-refractivity contribution is 6.01. The number of amides is 2. The fraction of sp³-hybridized carbons (Fsp3) is 0.308. The molecule has 0 saturated heterocycles. The van der Waals surface area contributed by atoms with E-state index in [4.69, 9.17) is 16.6 Å². The van der Waals surface area contributed by atoms with Crippen LogP contribution < -0.4 is 16.8 Å². The lowest BCUT2D eigenvalue weighted by Gasteiger charge is -2.15. The van der Waals surface area contributed by atoms with Crippen molar-refractivity contribution in [1.29, 1.82) is 0 Å². The number of primary amides is 1. The van der Waals surface area contributed by atoms with Crippen molar-refractivity contribution in [3.63, 3.8) is 0 Å². The number of hydrogen-bond acceptors (Lipinski definition) is 4.